The van der Waals surface area contributed by atoms with E-state index < -0.39 is 5.79 Å². The zero-order valence-electron chi connectivity index (χ0n) is 13.1. The van der Waals surface area contributed by atoms with Gasteiger partial charge in [-0.15, -0.1) is 0 Å². The molecule has 2 aromatic rings. The van der Waals surface area contributed by atoms with Gasteiger partial charge in [0.15, 0.2) is 5.79 Å². The Bertz CT molecular complexity index is 728. The SMILES string of the molecule is O=C(c1cc(-c2ccc(F)cc2)n[nH]1)N1CCC2(CC1)OCCO2. The maximum atomic E-state index is 13.0. The number of aromatic nitrogens is 2. The number of nitrogens with zero attached hydrogens (tertiary/aromatic N) is 2. The number of benzene rings is 1. The van der Waals surface area contributed by atoms with Crippen LogP contribution in [0.4, 0.5) is 4.39 Å². The van der Waals surface area contributed by atoms with Gasteiger partial charge in [-0.25, -0.2) is 4.39 Å². The molecule has 24 heavy (non-hydrogen) atoms. The highest BCUT2D eigenvalue weighted by Crippen LogP contribution is 2.31. The summed E-state index contributed by atoms with van der Waals surface area (Å²) in [6, 6.07) is 7.72. The van der Waals surface area contributed by atoms with Crippen LogP contribution in [0.1, 0.15) is 23.3 Å². The molecule has 0 saturated carbocycles. The number of halogens is 1. The Morgan fingerprint density at radius 3 is 2.50 bits per heavy atom. The second-order valence-electron chi connectivity index (χ2n) is 6.07. The summed E-state index contributed by atoms with van der Waals surface area (Å²) in [4.78, 5) is 14.4. The molecule has 2 aliphatic heterocycles. The van der Waals surface area contributed by atoms with Crippen LogP contribution in [-0.4, -0.2) is 53.1 Å². The molecule has 1 aromatic carbocycles. The highest BCUT2D eigenvalue weighted by atomic mass is 19.1. The highest BCUT2D eigenvalue weighted by Gasteiger charge is 2.41. The van der Waals surface area contributed by atoms with Crippen LogP contribution in [0, 0.1) is 5.82 Å². The third-order valence-electron chi connectivity index (χ3n) is 4.57. The van der Waals surface area contributed by atoms with Gasteiger partial charge in [-0.05, 0) is 30.3 Å². The number of carbonyl (C=O) groups is 1. The van der Waals surface area contributed by atoms with Crippen molar-refractivity contribution < 1.29 is 18.7 Å². The normalized spacial score (nSPS) is 19.8. The molecular weight excluding hydrogens is 313 g/mol. The van der Waals surface area contributed by atoms with Crippen LogP contribution in [0.15, 0.2) is 30.3 Å². The molecule has 2 saturated heterocycles. The Hall–Kier alpha value is -2.25. The average molecular weight is 331 g/mol. The first-order chi connectivity index (χ1) is 11.7. The Morgan fingerprint density at radius 1 is 1.17 bits per heavy atom. The van der Waals surface area contributed by atoms with Crippen molar-refractivity contribution in [1.29, 1.82) is 0 Å². The zero-order chi connectivity index (χ0) is 16.6. The molecule has 0 bridgehead atoms. The van der Waals surface area contributed by atoms with E-state index in [1.807, 2.05) is 0 Å². The number of hydrogen-bond donors (Lipinski definition) is 1. The quantitative estimate of drug-likeness (QED) is 0.916. The van der Waals surface area contributed by atoms with Crippen molar-refractivity contribution in [1.82, 2.24) is 15.1 Å². The van der Waals surface area contributed by atoms with Crippen molar-refractivity contribution in [3.05, 3.63) is 41.8 Å². The molecule has 6 nitrogen and oxygen atoms in total. The van der Waals surface area contributed by atoms with Gasteiger partial charge in [0.1, 0.15) is 11.5 Å². The van der Waals surface area contributed by atoms with E-state index in [4.69, 9.17) is 9.47 Å². The van der Waals surface area contributed by atoms with Crippen LogP contribution in [0.5, 0.6) is 0 Å². The molecule has 7 heteroatoms. The molecule has 3 heterocycles. The van der Waals surface area contributed by atoms with Crippen LogP contribution in [0.3, 0.4) is 0 Å². The van der Waals surface area contributed by atoms with E-state index >= 15 is 0 Å². The number of H-pyrrole nitrogens is 1. The Labute approximate surface area is 138 Å². The molecule has 0 atom stereocenters. The van der Waals surface area contributed by atoms with Gasteiger partial charge in [0, 0.05) is 31.5 Å². The fourth-order valence-electron chi connectivity index (χ4n) is 3.21. The maximum Gasteiger partial charge on any atom is 0.271 e. The lowest BCUT2D eigenvalue weighted by Crippen LogP contribution is -2.47. The molecular formula is C17H18FN3O3. The van der Waals surface area contributed by atoms with Crippen molar-refractivity contribution in [2.24, 2.45) is 0 Å². The van der Waals surface area contributed by atoms with E-state index in [-0.39, 0.29) is 11.7 Å². The second-order valence-corrected chi connectivity index (χ2v) is 6.07. The number of rotatable bonds is 2. The molecule has 2 aliphatic rings. The summed E-state index contributed by atoms with van der Waals surface area (Å²) < 4.78 is 24.3. The first-order valence-corrected chi connectivity index (χ1v) is 8.04. The Balaban J connectivity index is 1.45. The number of ether oxygens (including phenoxy) is 2. The van der Waals surface area contributed by atoms with E-state index in [0.717, 1.165) is 5.56 Å². The maximum absolute atomic E-state index is 13.0. The second kappa shape index (κ2) is 5.99. The number of carbonyl (C=O) groups excluding carboxylic acids is 1. The van der Waals surface area contributed by atoms with Crippen LogP contribution in [-0.2, 0) is 9.47 Å². The monoisotopic (exact) mass is 331 g/mol. The predicted octanol–water partition coefficient (Wildman–Crippen LogP) is 2.19. The molecule has 4 rings (SSSR count). The van der Waals surface area contributed by atoms with Crippen LogP contribution >= 0.6 is 0 Å². The number of hydrogen-bond acceptors (Lipinski definition) is 4. The number of likely N-dealkylation sites (tertiary alicyclic amines) is 1. The summed E-state index contributed by atoms with van der Waals surface area (Å²) in [6.07, 6.45) is 1.36. The van der Waals surface area contributed by atoms with Crippen molar-refractivity contribution in [2.75, 3.05) is 26.3 Å². The summed E-state index contributed by atoms with van der Waals surface area (Å²) >= 11 is 0. The van der Waals surface area contributed by atoms with Gasteiger partial charge >= 0.3 is 0 Å². The molecule has 1 aromatic heterocycles. The van der Waals surface area contributed by atoms with E-state index in [0.29, 0.717) is 50.5 Å². The van der Waals surface area contributed by atoms with E-state index in [1.165, 1.54) is 12.1 Å². The van der Waals surface area contributed by atoms with Gasteiger partial charge in [0.05, 0.1) is 18.9 Å². The van der Waals surface area contributed by atoms with Gasteiger partial charge in [-0.3, -0.25) is 9.89 Å². The van der Waals surface area contributed by atoms with Crippen LogP contribution in [0.2, 0.25) is 0 Å². The number of aromatic amines is 1. The van der Waals surface area contributed by atoms with Crippen LogP contribution < -0.4 is 0 Å². The summed E-state index contributed by atoms with van der Waals surface area (Å²) in [6.45, 7) is 2.42. The lowest BCUT2D eigenvalue weighted by Gasteiger charge is -2.37. The topological polar surface area (TPSA) is 67.5 Å². The van der Waals surface area contributed by atoms with Gasteiger partial charge in [0.25, 0.3) is 5.91 Å². The largest absolute Gasteiger partial charge is 0.347 e. The molecule has 126 valence electrons. The minimum Gasteiger partial charge on any atom is -0.347 e. The van der Waals surface area contributed by atoms with E-state index in [1.54, 1.807) is 23.1 Å². The third-order valence-corrected chi connectivity index (χ3v) is 4.57. The van der Waals surface area contributed by atoms with E-state index in [2.05, 4.69) is 10.2 Å². The average Bonchev–Trinajstić information content (AvgIpc) is 3.26. The fraction of sp³-hybridized carbons (Fsp3) is 0.412. The van der Waals surface area contributed by atoms with Gasteiger partial charge in [-0.2, -0.15) is 5.10 Å². The smallest absolute Gasteiger partial charge is 0.271 e. The lowest BCUT2D eigenvalue weighted by molar-refractivity contribution is -0.181. The van der Waals surface area contributed by atoms with Crippen molar-refractivity contribution in [3.8, 4) is 11.3 Å². The van der Waals surface area contributed by atoms with E-state index in [9.17, 15) is 9.18 Å². The standard InChI is InChI=1S/C17H18FN3O3/c18-13-3-1-12(2-4-13)14-11-15(20-19-14)16(22)21-7-5-17(6-8-21)23-9-10-24-17/h1-4,11H,5-10H2,(H,19,20). The summed E-state index contributed by atoms with van der Waals surface area (Å²) in [7, 11) is 0. The molecule has 2 fully saturated rings. The van der Waals surface area contributed by atoms with Gasteiger partial charge < -0.3 is 14.4 Å². The zero-order valence-corrected chi connectivity index (χ0v) is 13.1. The van der Waals surface area contributed by atoms with Gasteiger partial charge in [0.2, 0.25) is 0 Å². The number of amides is 1. The fourth-order valence-corrected chi connectivity index (χ4v) is 3.21. The molecule has 1 amide bonds. The molecule has 0 aliphatic carbocycles. The van der Waals surface area contributed by atoms with Gasteiger partial charge in [-0.1, -0.05) is 0 Å². The third kappa shape index (κ3) is 2.81. The molecule has 0 unspecified atom stereocenters. The first kappa shape index (κ1) is 15.3. The molecule has 1 N–H and O–H groups in total. The van der Waals surface area contributed by atoms with Crippen molar-refractivity contribution in [3.63, 3.8) is 0 Å². The molecule has 0 radical (unpaired) electrons. The summed E-state index contributed by atoms with van der Waals surface area (Å²) in [5.74, 6) is -0.891. The summed E-state index contributed by atoms with van der Waals surface area (Å²) in [5.41, 5.74) is 1.81. The lowest BCUT2D eigenvalue weighted by atomic mass is 10.0. The minimum atomic E-state index is -0.496. The highest BCUT2D eigenvalue weighted by molar-refractivity contribution is 5.93. The van der Waals surface area contributed by atoms with Crippen molar-refractivity contribution >= 4 is 5.91 Å². The number of piperidine rings is 1. The summed E-state index contributed by atoms with van der Waals surface area (Å²) in [5, 5.41) is 6.94. The minimum absolute atomic E-state index is 0.0938. The number of nitrogens with one attached hydrogen (secondary N) is 1. The van der Waals surface area contributed by atoms with Crippen LogP contribution in [0.25, 0.3) is 11.3 Å². The Morgan fingerprint density at radius 2 is 1.83 bits per heavy atom. The molecule has 1 spiro atoms. The Kier molecular flexibility index (Phi) is 3.82. The van der Waals surface area contributed by atoms with Crippen molar-refractivity contribution in [2.45, 2.75) is 18.6 Å². The first-order valence-electron chi connectivity index (χ1n) is 8.04. The predicted molar refractivity (Wildman–Crippen MR) is 83.8 cm³/mol.